The van der Waals surface area contributed by atoms with Crippen LogP contribution in [-0.4, -0.2) is 48.6 Å². The van der Waals surface area contributed by atoms with Crippen LogP contribution in [0, 0.1) is 23.3 Å². The summed E-state index contributed by atoms with van der Waals surface area (Å²) in [7, 11) is 3.64. The summed E-state index contributed by atoms with van der Waals surface area (Å²) in [6, 6.07) is 0.337. The molecule has 0 bridgehead atoms. The third-order valence-electron chi connectivity index (χ3n) is 3.79. The van der Waals surface area contributed by atoms with Crippen molar-refractivity contribution in [1.29, 1.82) is 0 Å². The Morgan fingerprint density at radius 1 is 1.11 bits per heavy atom. The first-order chi connectivity index (χ1) is 12.7. The number of benzene rings is 1. The zero-order valence-corrected chi connectivity index (χ0v) is 14.2. The minimum atomic E-state index is -2.05. The Labute approximate surface area is 150 Å². The SMILES string of the molecule is CN(C)CCNC1=CC(=O)c2nc(-c3cc(F)c(F)c(F)c3F)oc2C1=O. The van der Waals surface area contributed by atoms with Crippen molar-refractivity contribution in [1.82, 2.24) is 15.2 Å². The fraction of sp³-hybridized carbons (Fsp3) is 0.235. The van der Waals surface area contributed by atoms with E-state index in [1.165, 1.54) is 0 Å². The van der Waals surface area contributed by atoms with Crippen LogP contribution < -0.4 is 5.32 Å². The average molecular weight is 383 g/mol. The van der Waals surface area contributed by atoms with E-state index in [0.29, 0.717) is 19.2 Å². The number of nitrogens with one attached hydrogen (secondary N) is 1. The van der Waals surface area contributed by atoms with Crippen molar-refractivity contribution in [3.8, 4) is 11.5 Å². The Bertz CT molecular complexity index is 982. The van der Waals surface area contributed by atoms with Crippen molar-refractivity contribution in [2.24, 2.45) is 0 Å². The monoisotopic (exact) mass is 383 g/mol. The third-order valence-corrected chi connectivity index (χ3v) is 3.79. The molecule has 0 amide bonds. The molecule has 0 radical (unpaired) electrons. The van der Waals surface area contributed by atoms with Gasteiger partial charge in [0.15, 0.2) is 29.0 Å². The molecule has 1 aliphatic carbocycles. The van der Waals surface area contributed by atoms with Crippen LogP contribution in [0.1, 0.15) is 21.0 Å². The maximum Gasteiger partial charge on any atom is 0.246 e. The van der Waals surface area contributed by atoms with Crippen LogP contribution in [-0.2, 0) is 0 Å². The molecule has 1 N–H and O–H groups in total. The highest BCUT2D eigenvalue weighted by molar-refractivity contribution is 6.22. The lowest BCUT2D eigenvalue weighted by atomic mass is 10.0. The Hall–Kier alpha value is -3.01. The molecule has 1 aliphatic rings. The van der Waals surface area contributed by atoms with Gasteiger partial charge in [0.05, 0.1) is 11.3 Å². The predicted molar refractivity (Wildman–Crippen MR) is 85.1 cm³/mol. The standard InChI is InChI=1S/C17H13F4N3O3/c1-24(2)4-3-22-9-6-10(25)14-16(15(9)26)27-17(23-14)7-5-8(18)12(20)13(21)11(7)19/h5-6,22H,3-4H2,1-2H3. The van der Waals surface area contributed by atoms with Gasteiger partial charge in [0.25, 0.3) is 0 Å². The first-order valence-corrected chi connectivity index (χ1v) is 7.74. The second-order valence-corrected chi connectivity index (χ2v) is 6.03. The van der Waals surface area contributed by atoms with Crippen molar-refractivity contribution in [2.75, 3.05) is 27.2 Å². The summed E-state index contributed by atoms with van der Waals surface area (Å²) in [6.07, 6.45) is 1.01. The van der Waals surface area contributed by atoms with Crippen molar-refractivity contribution < 1.29 is 31.6 Å². The number of rotatable bonds is 5. The first-order valence-electron chi connectivity index (χ1n) is 7.74. The van der Waals surface area contributed by atoms with E-state index in [1.54, 1.807) is 0 Å². The van der Waals surface area contributed by atoms with Crippen LogP contribution in [0.2, 0.25) is 0 Å². The third kappa shape index (κ3) is 3.35. The van der Waals surface area contributed by atoms with Gasteiger partial charge in [0.2, 0.25) is 23.2 Å². The van der Waals surface area contributed by atoms with Crippen LogP contribution >= 0.6 is 0 Å². The summed E-state index contributed by atoms with van der Waals surface area (Å²) in [5.74, 6) is -10.1. The average Bonchev–Trinajstić information content (AvgIpc) is 3.06. The summed E-state index contributed by atoms with van der Waals surface area (Å²) in [5.41, 5.74) is -1.31. The Kier molecular flexibility index (Phi) is 4.83. The summed E-state index contributed by atoms with van der Waals surface area (Å²) < 4.78 is 58.9. The van der Waals surface area contributed by atoms with Crippen LogP contribution in [0.4, 0.5) is 17.6 Å². The molecule has 1 aromatic heterocycles. The molecule has 6 nitrogen and oxygen atoms in total. The molecule has 0 fully saturated rings. The van der Waals surface area contributed by atoms with Gasteiger partial charge in [-0.1, -0.05) is 0 Å². The second-order valence-electron chi connectivity index (χ2n) is 6.03. The number of carbonyl (C=O) groups excluding carboxylic acids is 2. The van der Waals surface area contributed by atoms with E-state index in [4.69, 9.17) is 4.42 Å². The maximum atomic E-state index is 13.9. The Morgan fingerprint density at radius 3 is 2.48 bits per heavy atom. The fourth-order valence-corrected chi connectivity index (χ4v) is 2.42. The molecule has 0 unspecified atom stereocenters. The Morgan fingerprint density at radius 2 is 1.81 bits per heavy atom. The molecule has 27 heavy (non-hydrogen) atoms. The highest BCUT2D eigenvalue weighted by atomic mass is 19.2. The number of carbonyl (C=O) groups is 2. The molecular weight excluding hydrogens is 370 g/mol. The zero-order chi connectivity index (χ0) is 19.9. The molecule has 1 heterocycles. The van der Waals surface area contributed by atoms with E-state index in [0.717, 1.165) is 6.08 Å². The number of likely N-dealkylation sites (N-methyl/N-ethyl adjacent to an activating group) is 1. The highest BCUT2D eigenvalue weighted by Crippen LogP contribution is 2.31. The molecule has 0 spiro atoms. The molecule has 2 aromatic rings. The van der Waals surface area contributed by atoms with E-state index in [1.807, 2.05) is 19.0 Å². The molecule has 3 rings (SSSR count). The van der Waals surface area contributed by atoms with Crippen LogP contribution in [0.15, 0.2) is 22.3 Å². The summed E-state index contributed by atoms with van der Waals surface area (Å²) in [5, 5.41) is 2.78. The van der Waals surface area contributed by atoms with Gasteiger partial charge in [-0.05, 0) is 20.2 Å². The van der Waals surface area contributed by atoms with Crippen LogP contribution in [0.5, 0.6) is 0 Å². The number of fused-ring (bicyclic) bond motifs is 1. The fourth-order valence-electron chi connectivity index (χ4n) is 2.42. The minimum absolute atomic E-state index is 0.0472. The largest absolute Gasteiger partial charge is 0.432 e. The van der Waals surface area contributed by atoms with Gasteiger partial charge in [-0.3, -0.25) is 9.59 Å². The number of oxazole rings is 1. The van der Waals surface area contributed by atoms with Gasteiger partial charge in [0.1, 0.15) is 0 Å². The molecule has 10 heteroatoms. The van der Waals surface area contributed by atoms with Gasteiger partial charge in [0, 0.05) is 19.2 Å². The predicted octanol–water partition coefficient (Wildman–Crippen LogP) is 2.31. The van der Waals surface area contributed by atoms with Gasteiger partial charge in [-0.25, -0.2) is 22.5 Å². The lowest BCUT2D eigenvalue weighted by Crippen LogP contribution is -2.31. The molecular formula is C17H13F4N3O3. The highest BCUT2D eigenvalue weighted by Gasteiger charge is 2.33. The minimum Gasteiger partial charge on any atom is -0.432 e. The number of hydrogen-bond acceptors (Lipinski definition) is 6. The number of Topliss-reactive ketones (excluding diaryl/α,β-unsaturated/α-hetero) is 1. The summed E-state index contributed by atoms with van der Waals surface area (Å²) in [4.78, 5) is 30.1. The van der Waals surface area contributed by atoms with Crippen LogP contribution in [0.3, 0.4) is 0 Å². The van der Waals surface area contributed by atoms with Gasteiger partial charge < -0.3 is 14.6 Å². The molecule has 0 saturated heterocycles. The quantitative estimate of drug-likeness (QED) is 0.485. The summed E-state index contributed by atoms with van der Waals surface area (Å²) in [6.45, 7) is 0.934. The van der Waals surface area contributed by atoms with E-state index in [2.05, 4.69) is 10.3 Å². The molecule has 0 atom stereocenters. The van der Waals surface area contributed by atoms with E-state index in [9.17, 15) is 27.2 Å². The number of aromatic nitrogens is 1. The van der Waals surface area contributed by atoms with E-state index < -0.39 is 57.7 Å². The summed E-state index contributed by atoms with van der Waals surface area (Å²) >= 11 is 0. The second kappa shape index (κ2) is 6.95. The van der Waals surface area contributed by atoms with Crippen molar-refractivity contribution in [2.45, 2.75) is 0 Å². The van der Waals surface area contributed by atoms with Gasteiger partial charge >= 0.3 is 0 Å². The lowest BCUT2D eigenvalue weighted by molar-refractivity contribution is 0.0956. The number of nitrogens with zero attached hydrogens (tertiary/aromatic N) is 2. The smallest absolute Gasteiger partial charge is 0.246 e. The topological polar surface area (TPSA) is 75.4 Å². The van der Waals surface area contributed by atoms with Crippen molar-refractivity contribution in [3.05, 3.63) is 52.6 Å². The van der Waals surface area contributed by atoms with E-state index >= 15 is 0 Å². The van der Waals surface area contributed by atoms with Gasteiger partial charge in [-0.15, -0.1) is 0 Å². The number of ketones is 2. The van der Waals surface area contributed by atoms with E-state index in [-0.39, 0.29) is 5.70 Å². The first kappa shape index (κ1) is 18.8. The van der Waals surface area contributed by atoms with Crippen LogP contribution in [0.25, 0.3) is 11.5 Å². The van der Waals surface area contributed by atoms with Crippen molar-refractivity contribution >= 4 is 11.6 Å². The molecule has 0 saturated carbocycles. The Balaban J connectivity index is 1.96. The molecule has 142 valence electrons. The lowest BCUT2D eigenvalue weighted by Gasteiger charge is -2.14. The normalized spacial score (nSPS) is 13.8. The van der Waals surface area contributed by atoms with Gasteiger partial charge in [-0.2, -0.15) is 0 Å². The number of allylic oxidation sites excluding steroid dienone is 2. The van der Waals surface area contributed by atoms with Crippen molar-refractivity contribution in [3.63, 3.8) is 0 Å². The number of halogens is 4. The maximum absolute atomic E-state index is 13.9. The number of hydrogen-bond donors (Lipinski definition) is 1. The molecule has 0 aliphatic heterocycles. The molecule has 1 aromatic carbocycles. The zero-order valence-electron chi connectivity index (χ0n) is 14.2.